The van der Waals surface area contributed by atoms with E-state index in [4.69, 9.17) is 32.7 Å². The van der Waals surface area contributed by atoms with Crippen molar-refractivity contribution in [2.45, 2.75) is 13.0 Å². The normalized spacial score (nSPS) is 16.3. The van der Waals surface area contributed by atoms with Crippen LogP contribution in [0.15, 0.2) is 36.4 Å². The average molecular weight is 395 g/mol. The van der Waals surface area contributed by atoms with Gasteiger partial charge in [-0.15, -0.1) is 0 Å². The fourth-order valence-electron chi connectivity index (χ4n) is 3.39. The van der Waals surface area contributed by atoms with Crippen molar-refractivity contribution in [3.8, 4) is 11.5 Å². The molecule has 1 fully saturated rings. The van der Waals surface area contributed by atoms with Crippen LogP contribution in [0.25, 0.3) is 0 Å². The summed E-state index contributed by atoms with van der Waals surface area (Å²) in [6.07, 6.45) is 0. The minimum Gasteiger partial charge on any atom is -0.493 e. The zero-order valence-electron chi connectivity index (χ0n) is 15.1. The lowest BCUT2D eigenvalue weighted by atomic mass is 9.96. The Morgan fingerprint density at radius 3 is 2.58 bits per heavy atom. The maximum atomic E-state index is 6.58. The van der Waals surface area contributed by atoms with E-state index in [1.807, 2.05) is 37.3 Å². The van der Waals surface area contributed by atoms with Gasteiger partial charge in [-0.05, 0) is 36.2 Å². The van der Waals surface area contributed by atoms with Crippen LogP contribution in [-0.2, 0) is 0 Å². The van der Waals surface area contributed by atoms with Crippen molar-refractivity contribution >= 4 is 23.2 Å². The van der Waals surface area contributed by atoms with Crippen LogP contribution in [0.5, 0.6) is 11.5 Å². The lowest BCUT2D eigenvalue weighted by Gasteiger charge is -2.36. The van der Waals surface area contributed by atoms with E-state index < -0.39 is 0 Å². The molecule has 4 nitrogen and oxygen atoms in total. The second kappa shape index (κ2) is 8.96. The van der Waals surface area contributed by atoms with Crippen LogP contribution in [0.3, 0.4) is 0 Å². The summed E-state index contributed by atoms with van der Waals surface area (Å²) in [6, 6.07) is 11.9. The van der Waals surface area contributed by atoms with E-state index in [0.717, 1.165) is 48.8 Å². The maximum absolute atomic E-state index is 6.58. The summed E-state index contributed by atoms with van der Waals surface area (Å²) < 4.78 is 11.2. The lowest BCUT2D eigenvalue weighted by Crippen LogP contribution is -2.45. The van der Waals surface area contributed by atoms with Crippen molar-refractivity contribution in [2.75, 3.05) is 39.9 Å². The summed E-state index contributed by atoms with van der Waals surface area (Å²) >= 11 is 12.9. The predicted molar refractivity (Wildman–Crippen MR) is 107 cm³/mol. The Kier molecular flexibility index (Phi) is 6.65. The Bertz CT molecular complexity index is 749. The Morgan fingerprint density at radius 2 is 1.88 bits per heavy atom. The van der Waals surface area contributed by atoms with Crippen molar-refractivity contribution in [1.29, 1.82) is 0 Å². The lowest BCUT2D eigenvalue weighted by molar-refractivity contribution is 0.198. The van der Waals surface area contributed by atoms with Crippen LogP contribution in [-0.4, -0.2) is 44.8 Å². The summed E-state index contributed by atoms with van der Waals surface area (Å²) in [6.45, 7) is 6.32. The number of nitrogens with zero attached hydrogens (tertiary/aromatic N) is 1. The van der Waals surface area contributed by atoms with Gasteiger partial charge in [0.25, 0.3) is 0 Å². The van der Waals surface area contributed by atoms with E-state index in [-0.39, 0.29) is 6.04 Å². The van der Waals surface area contributed by atoms with Gasteiger partial charge in [-0.2, -0.15) is 0 Å². The summed E-state index contributed by atoms with van der Waals surface area (Å²) in [7, 11) is 1.66. The van der Waals surface area contributed by atoms with Gasteiger partial charge < -0.3 is 14.8 Å². The number of rotatable bonds is 6. The van der Waals surface area contributed by atoms with E-state index in [0.29, 0.717) is 16.7 Å². The smallest absolute Gasteiger partial charge is 0.161 e. The van der Waals surface area contributed by atoms with Crippen LogP contribution in [0.2, 0.25) is 10.0 Å². The Hall–Kier alpha value is -1.46. The molecule has 0 spiro atoms. The third-order valence-electron chi connectivity index (χ3n) is 4.60. The molecule has 1 aliphatic heterocycles. The van der Waals surface area contributed by atoms with Crippen molar-refractivity contribution in [2.24, 2.45) is 0 Å². The molecule has 0 bridgehead atoms. The largest absolute Gasteiger partial charge is 0.493 e. The summed E-state index contributed by atoms with van der Waals surface area (Å²) in [5, 5.41) is 4.58. The third-order valence-corrected chi connectivity index (χ3v) is 5.43. The standard InChI is InChI=1S/C20H24Cl2N2O2/c1-3-26-17-8-7-14(13-18(17)25-2)20(24-11-9-23-10-12-24)15-5-4-6-16(21)19(15)22/h4-8,13,20,23H,3,9-12H2,1-2H3. The number of ether oxygens (including phenoxy) is 2. The van der Waals surface area contributed by atoms with Crippen molar-refractivity contribution in [3.05, 3.63) is 57.6 Å². The van der Waals surface area contributed by atoms with E-state index in [2.05, 4.69) is 16.3 Å². The van der Waals surface area contributed by atoms with Gasteiger partial charge in [0.05, 0.1) is 29.8 Å². The Morgan fingerprint density at radius 1 is 1.12 bits per heavy atom. The van der Waals surface area contributed by atoms with E-state index in [1.165, 1.54) is 0 Å². The molecule has 1 unspecified atom stereocenters. The first kappa shape index (κ1) is 19.3. The van der Waals surface area contributed by atoms with Crippen LogP contribution < -0.4 is 14.8 Å². The average Bonchev–Trinajstić information content (AvgIpc) is 2.67. The number of hydrogen-bond acceptors (Lipinski definition) is 4. The SMILES string of the molecule is CCOc1ccc(C(c2cccc(Cl)c2Cl)N2CCNCC2)cc1OC. The van der Waals surface area contributed by atoms with Gasteiger partial charge in [-0.3, -0.25) is 4.90 Å². The Labute approximate surface area is 165 Å². The molecule has 1 atom stereocenters. The Balaban J connectivity index is 2.07. The van der Waals surface area contributed by atoms with Crippen molar-refractivity contribution in [3.63, 3.8) is 0 Å². The van der Waals surface area contributed by atoms with Crippen LogP contribution in [0.4, 0.5) is 0 Å². The molecule has 26 heavy (non-hydrogen) atoms. The van der Waals surface area contributed by atoms with Gasteiger partial charge in [0.2, 0.25) is 0 Å². The van der Waals surface area contributed by atoms with Crippen LogP contribution >= 0.6 is 23.2 Å². The zero-order chi connectivity index (χ0) is 18.5. The highest BCUT2D eigenvalue weighted by Crippen LogP contribution is 2.39. The van der Waals surface area contributed by atoms with Gasteiger partial charge >= 0.3 is 0 Å². The molecular weight excluding hydrogens is 371 g/mol. The van der Waals surface area contributed by atoms with Crippen LogP contribution in [0.1, 0.15) is 24.1 Å². The topological polar surface area (TPSA) is 33.7 Å². The number of nitrogens with one attached hydrogen (secondary N) is 1. The zero-order valence-corrected chi connectivity index (χ0v) is 16.6. The number of halogens is 2. The molecule has 3 rings (SSSR count). The second-order valence-corrected chi connectivity index (χ2v) is 6.96. The second-order valence-electron chi connectivity index (χ2n) is 6.17. The third kappa shape index (κ3) is 4.09. The minimum absolute atomic E-state index is 0.00729. The van der Waals surface area contributed by atoms with Gasteiger partial charge in [0.1, 0.15) is 0 Å². The molecule has 140 valence electrons. The number of benzene rings is 2. The molecule has 6 heteroatoms. The molecule has 0 radical (unpaired) electrons. The fourth-order valence-corrected chi connectivity index (χ4v) is 3.80. The van der Waals surface area contributed by atoms with Crippen molar-refractivity contribution < 1.29 is 9.47 Å². The van der Waals surface area contributed by atoms with Gasteiger partial charge in [0.15, 0.2) is 11.5 Å². The van der Waals surface area contributed by atoms with Gasteiger partial charge in [0, 0.05) is 26.2 Å². The highest BCUT2D eigenvalue weighted by atomic mass is 35.5. The molecule has 0 aliphatic carbocycles. The molecule has 0 aromatic heterocycles. The first-order valence-electron chi connectivity index (χ1n) is 8.85. The molecule has 0 amide bonds. The van der Waals surface area contributed by atoms with E-state index in [1.54, 1.807) is 7.11 Å². The summed E-state index contributed by atoms with van der Waals surface area (Å²) in [5.74, 6) is 1.47. The monoisotopic (exact) mass is 394 g/mol. The molecule has 1 N–H and O–H groups in total. The highest BCUT2D eigenvalue weighted by Gasteiger charge is 2.27. The molecule has 2 aromatic rings. The fraction of sp³-hybridized carbons (Fsp3) is 0.400. The summed E-state index contributed by atoms with van der Waals surface area (Å²) in [4.78, 5) is 2.42. The molecule has 1 saturated heterocycles. The minimum atomic E-state index is 0.00729. The first-order chi connectivity index (χ1) is 12.7. The number of piperazine rings is 1. The molecule has 1 aliphatic rings. The van der Waals surface area contributed by atoms with Gasteiger partial charge in [-0.25, -0.2) is 0 Å². The van der Waals surface area contributed by atoms with E-state index >= 15 is 0 Å². The maximum Gasteiger partial charge on any atom is 0.161 e. The molecular formula is C20H24Cl2N2O2. The quantitative estimate of drug-likeness (QED) is 0.787. The van der Waals surface area contributed by atoms with Crippen molar-refractivity contribution in [1.82, 2.24) is 10.2 Å². The molecule has 1 heterocycles. The highest BCUT2D eigenvalue weighted by molar-refractivity contribution is 6.42. The number of methoxy groups -OCH3 is 1. The first-order valence-corrected chi connectivity index (χ1v) is 9.60. The predicted octanol–water partition coefficient (Wildman–Crippen LogP) is 4.40. The van der Waals surface area contributed by atoms with Gasteiger partial charge in [-0.1, -0.05) is 41.4 Å². The number of hydrogen-bond donors (Lipinski definition) is 1. The molecule has 2 aromatic carbocycles. The van der Waals surface area contributed by atoms with Crippen LogP contribution in [0, 0.1) is 0 Å². The van der Waals surface area contributed by atoms with E-state index in [9.17, 15) is 0 Å². The summed E-state index contributed by atoms with van der Waals surface area (Å²) in [5.41, 5.74) is 2.11. The molecule has 0 saturated carbocycles.